The van der Waals surface area contributed by atoms with E-state index in [0.29, 0.717) is 6.54 Å². The van der Waals surface area contributed by atoms with Crippen molar-refractivity contribution >= 4 is 11.7 Å². The molecule has 0 fully saturated rings. The lowest BCUT2D eigenvalue weighted by molar-refractivity contribution is 0.237. The van der Waals surface area contributed by atoms with Crippen LogP contribution in [0.3, 0.4) is 0 Å². The zero-order valence-corrected chi connectivity index (χ0v) is 17.2. The largest absolute Gasteiger partial charge is 0.337 e. The lowest BCUT2D eigenvalue weighted by Gasteiger charge is -2.43. The van der Waals surface area contributed by atoms with Gasteiger partial charge in [-0.25, -0.2) is 4.79 Å². The van der Waals surface area contributed by atoms with E-state index in [1.54, 1.807) is 0 Å². The summed E-state index contributed by atoms with van der Waals surface area (Å²) in [4.78, 5) is 15.2. The number of hydrogen-bond donors (Lipinski definition) is 1. The highest BCUT2D eigenvalue weighted by molar-refractivity contribution is 5.95. The Hall–Kier alpha value is -3.07. The van der Waals surface area contributed by atoms with Gasteiger partial charge in [0.25, 0.3) is 0 Å². The van der Waals surface area contributed by atoms with Crippen molar-refractivity contribution in [3.63, 3.8) is 0 Å². The van der Waals surface area contributed by atoms with Gasteiger partial charge >= 0.3 is 6.03 Å². The Morgan fingerprint density at radius 3 is 2.34 bits per heavy atom. The quantitative estimate of drug-likeness (QED) is 0.602. The molecule has 3 aromatic carbocycles. The summed E-state index contributed by atoms with van der Waals surface area (Å²) in [5.41, 5.74) is 5.59. The average molecular weight is 385 g/mol. The molecule has 2 amide bonds. The van der Waals surface area contributed by atoms with Crippen LogP contribution in [0.5, 0.6) is 0 Å². The van der Waals surface area contributed by atoms with Crippen LogP contribution in [-0.2, 0) is 12.8 Å². The predicted molar refractivity (Wildman–Crippen MR) is 120 cm³/mol. The summed E-state index contributed by atoms with van der Waals surface area (Å²) in [5, 5.41) is 3.14. The number of rotatable bonds is 4. The topological polar surface area (TPSA) is 32.3 Å². The first-order chi connectivity index (χ1) is 14.0. The molecule has 29 heavy (non-hydrogen) atoms. The molecule has 3 heteroatoms. The molecule has 0 aromatic heterocycles. The van der Waals surface area contributed by atoms with Crippen LogP contribution in [0.4, 0.5) is 10.5 Å². The number of hydrogen-bond acceptors (Lipinski definition) is 1. The second-order valence-electron chi connectivity index (χ2n) is 8.32. The van der Waals surface area contributed by atoms with Crippen LogP contribution in [0, 0.1) is 0 Å². The van der Waals surface area contributed by atoms with Crippen LogP contribution in [0.25, 0.3) is 11.1 Å². The summed E-state index contributed by atoms with van der Waals surface area (Å²) < 4.78 is 0. The van der Waals surface area contributed by atoms with E-state index >= 15 is 0 Å². The van der Waals surface area contributed by atoms with Crippen LogP contribution in [0.1, 0.15) is 31.4 Å². The summed E-state index contributed by atoms with van der Waals surface area (Å²) in [6.45, 7) is 4.94. The Bertz CT molecular complexity index is 980. The summed E-state index contributed by atoms with van der Waals surface area (Å²) in [5.74, 6) is 0. The molecular weight excluding hydrogens is 356 g/mol. The van der Waals surface area contributed by atoms with Crippen molar-refractivity contribution < 1.29 is 4.79 Å². The van der Waals surface area contributed by atoms with Gasteiger partial charge in [0, 0.05) is 17.8 Å². The highest BCUT2D eigenvalue weighted by Crippen LogP contribution is 2.39. The number of carbonyl (C=O) groups excluding carboxylic acids is 1. The fraction of sp³-hybridized carbons (Fsp3) is 0.269. The second-order valence-corrected chi connectivity index (χ2v) is 8.32. The predicted octanol–water partition coefficient (Wildman–Crippen LogP) is 5.84. The molecule has 1 heterocycles. The summed E-state index contributed by atoms with van der Waals surface area (Å²) >= 11 is 0. The van der Waals surface area contributed by atoms with Crippen molar-refractivity contribution in [2.75, 3.05) is 11.4 Å². The summed E-state index contributed by atoms with van der Waals surface area (Å²) in [6, 6.07) is 27.1. The van der Waals surface area contributed by atoms with Gasteiger partial charge in [0.2, 0.25) is 0 Å². The van der Waals surface area contributed by atoms with Crippen molar-refractivity contribution in [3.8, 4) is 11.1 Å². The Morgan fingerprint density at radius 2 is 1.62 bits per heavy atom. The Labute approximate surface area is 173 Å². The molecule has 0 aliphatic carbocycles. The van der Waals surface area contributed by atoms with Crippen molar-refractivity contribution in [1.82, 2.24) is 5.32 Å². The molecule has 1 aliphatic rings. The molecule has 0 unspecified atom stereocenters. The fourth-order valence-electron chi connectivity index (χ4n) is 4.09. The molecule has 4 rings (SSSR count). The minimum Gasteiger partial charge on any atom is -0.337 e. The minimum atomic E-state index is -0.223. The molecule has 1 aliphatic heterocycles. The number of carbonyl (C=O) groups is 1. The molecule has 1 N–H and O–H groups in total. The minimum absolute atomic E-state index is 0.0166. The molecule has 0 bridgehead atoms. The fourth-order valence-corrected chi connectivity index (χ4v) is 4.09. The molecule has 0 spiro atoms. The standard InChI is InChI=1S/C26H28N2O/c1-26(2)17-15-22-13-14-23(21-11-7-4-8-12-21)19-24(22)28(26)25(29)27-18-16-20-9-5-3-6-10-20/h3-14,19H,15-18H2,1-2H3,(H,27,29). The third kappa shape index (κ3) is 4.19. The second kappa shape index (κ2) is 8.12. The van der Waals surface area contributed by atoms with E-state index in [1.807, 2.05) is 41.3 Å². The van der Waals surface area contributed by atoms with Crippen molar-refractivity contribution in [1.29, 1.82) is 0 Å². The smallest absolute Gasteiger partial charge is 0.322 e. The van der Waals surface area contributed by atoms with Gasteiger partial charge in [0.1, 0.15) is 0 Å². The van der Waals surface area contributed by atoms with Crippen LogP contribution < -0.4 is 10.2 Å². The number of nitrogens with one attached hydrogen (secondary N) is 1. The number of anilines is 1. The van der Waals surface area contributed by atoms with E-state index in [1.165, 1.54) is 16.7 Å². The Morgan fingerprint density at radius 1 is 0.931 bits per heavy atom. The first kappa shape index (κ1) is 19.3. The molecule has 3 aromatic rings. The number of aryl methyl sites for hydroxylation is 1. The SMILES string of the molecule is CC1(C)CCc2ccc(-c3ccccc3)cc2N1C(=O)NCCc1ccccc1. The third-order valence-electron chi connectivity index (χ3n) is 5.78. The van der Waals surface area contributed by atoms with Gasteiger partial charge in [0.05, 0.1) is 0 Å². The summed E-state index contributed by atoms with van der Waals surface area (Å²) in [7, 11) is 0. The number of benzene rings is 3. The van der Waals surface area contributed by atoms with Gasteiger partial charge in [-0.2, -0.15) is 0 Å². The molecule has 0 atom stereocenters. The summed E-state index contributed by atoms with van der Waals surface area (Å²) in [6.07, 6.45) is 2.78. The Kier molecular flexibility index (Phi) is 5.39. The van der Waals surface area contributed by atoms with Gasteiger partial charge in [0.15, 0.2) is 0 Å². The lowest BCUT2D eigenvalue weighted by Crippen LogP contribution is -2.55. The molecular formula is C26H28N2O. The highest BCUT2D eigenvalue weighted by Gasteiger charge is 2.37. The van der Waals surface area contributed by atoms with E-state index in [9.17, 15) is 4.79 Å². The molecule has 0 saturated carbocycles. The Balaban J connectivity index is 1.58. The van der Waals surface area contributed by atoms with Crippen LogP contribution >= 0.6 is 0 Å². The van der Waals surface area contributed by atoms with E-state index < -0.39 is 0 Å². The monoisotopic (exact) mass is 384 g/mol. The van der Waals surface area contributed by atoms with E-state index in [-0.39, 0.29) is 11.6 Å². The maximum atomic E-state index is 13.2. The van der Waals surface area contributed by atoms with Gasteiger partial charge in [-0.15, -0.1) is 0 Å². The van der Waals surface area contributed by atoms with E-state index in [0.717, 1.165) is 30.5 Å². The van der Waals surface area contributed by atoms with Crippen LogP contribution in [-0.4, -0.2) is 18.1 Å². The zero-order chi connectivity index (χ0) is 20.3. The van der Waals surface area contributed by atoms with Crippen molar-refractivity contribution in [2.24, 2.45) is 0 Å². The highest BCUT2D eigenvalue weighted by atomic mass is 16.2. The number of amides is 2. The van der Waals surface area contributed by atoms with Gasteiger partial charge in [-0.3, -0.25) is 4.90 Å². The van der Waals surface area contributed by atoms with Gasteiger partial charge in [-0.05, 0) is 61.4 Å². The average Bonchev–Trinajstić information content (AvgIpc) is 2.74. The van der Waals surface area contributed by atoms with Crippen LogP contribution in [0.2, 0.25) is 0 Å². The first-order valence-electron chi connectivity index (χ1n) is 10.3. The van der Waals surface area contributed by atoms with Crippen molar-refractivity contribution in [3.05, 3.63) is 90.0 Å². The molecule has 0 saturated heterocycles. The number of urea groups is 1. The zero-order valence-electron chi connectivity index (χ0n) is 17.2. The maximum Gasteiger partial charge on any atom is 0.322 e. The third-order valence-corrected chi connectivity index (χ3v) is 5.78. The van der Waals surface area contributed by atoms with Crippen molar-refractivity contribution in [2.45, 2.75) is 38.6 Å². The molecule has 148 valence electrons. The molecule has 0 radical (unpaired) electrons. The van der Waals surface area contributed by atoms with Gasteiger partial charge in [-0.1, -0.05) is 72.8 Å². The number of fused-ring (bicyclic) bond motifs is 1. The lowest BCUT2D eigenvalue weighted by atomic mass is 9.86. The molecule has 3 nitrogen and oxygen atoms in total. The van der Waals surface area contributed by atoms with E-state index in [4.69, 9.17) is 0 Å². The first-order valence-corrected chi connectivity index (χ1v) is 10.3. The van der Waals surface area contributed by atoms with Gasteiger partial charge < -0.3 is 5.32 Å². The maximum absolute atomic E-state index is 13.2. The van der Waals surface area contributed by atoms with Crippen LogP contribution in [0.15, 0.2) is 78.9 Å². The normalized spacial score (nSPS) is 14.9. The number of nitrogens with zero attached hydrogens (tertiary/aromatic N) is 1. The van der Waals surface area contributed by atoms with E-state index in [2.05, 4.69) is 61.6 Å².